The van der Waals surface area contributed by atoms with Gasteiger partial charge in [-0.25, -0.2) is 9.10 Å². The smallest absolute Gasteiger partial charge is 0.254 e. The molecule has 5 nitrogen and oxygen atoms in total. The van der Waals surface area contributed by atoms with Gasteiger partial charge in [-0.15, -0.1) is 4.33 Å². The number of hydrogen-bond acceptors (Lipinski definition) is 6. The third-order valence-corrected chi connectivity index (χ3v) is 3.21. The molecule has 0 bridgehead atoms. The van der Waals surface area contributed by atoms with Crippen molar-refractivity contribution < 1.29 is 18.3 Å². The number of oxime groups is 1. The van der Waals surface area contributed by atoms with Gasteiger partial charge in [-0.05, 0) is 13.8 Å². The Morgan fingerprint density at radius 2 is 2.38 bits per heavy atom. The molecular formula is C6H11NO4S2. The zero-order chi connectivity index (χ0) is 9.90. The van der Waals surface area contributed by atoms with Crippen LogP contribution in [0.2, 0.25) is 0 Å². The lowest BCUT2D eigenvalue weighted by atomic mass is 10.1. The highest BCUT2D eigenvalue weighted by Gasteiger charge is 2.30. The van der Waals surface area contributed by atoms with E-state index in [2.05, 4.69) is 14.4 Å². The van der Waals surface area contributed by atoms with Gasteiger partial charge in [0.25, 0.3) is 10.1 Å². The van der Waals surface area contributed by atoms with Crippen LogP contribution in [0.1, 0.15) is 20.3 Å². The lowest BCUT2D eigenvalue weighted by molar-refractivity contribution is -0.164. The Balaban J connectivity index is 2.36. The molecule has 0 aromatic rings. The Bertz CT molecular complexity index is 241. The highest BCUT2D eigenvalue weighted by atomic mass is 33.1. The lowest BCUT2D eigenvalue weighted by Gasteiger charge is -2.12. The van der Waals surface area contributed by atoms with E-state index in [1.807, 2.05) is 13.8 Å². The summed E-state index contributed by atoms with van der Waals surface area (Å²) in [6.07, 6.45) is 0.635. The fourth-order valence-electron chi connectivity index (χ4n) is 0.796. The Morgan fingerprint density at radius 3 is 2.85 bits per heavy atom. The van der Waals surface area contributed by atoms with E-state index in [9.17, 15) is 4.21 Å². The fourth-order valence-corrected chi connectivity index (χ4v) is 2.56. The van der Waals surface area contributed by atoms with Crippen LogP contribution in [0.15, 0.2) is 5.16 Å². The summed E-state index contributed by atoms with van der Waals surface area (Å²) >= 11 is 0. The van der Waals surface area contributed by atoms with Crippen molar-refractivity contribution in [1.82, 2.24) is 0 Å². The molecule has 1 unspecified atom stereocenters. The topological polar surface area (TPSA) is 57.1 Å². The normalized spacial score (nSPS) is 22.2. The molecule has 1 heterocycles. The average Bonchev–Trinajstić information content (AvgIpc) is 2.30. The Morgan fingerprint density at radius 1 is 1.69 bits per heavy atom. The summed E-state index contributed by atoms with van der Waals surface area (Å²) in [5.74, 6) is 0. The second kappa shape index (κ2) is 4.41. The molecule has 0 fully saturated rings. The van der Waals surface area contributed by atoms with Crippen LogP contribution in [0.4, 0.5) is 0 Å². The van der Waals surface area contributed by atoms with E-state index in [0.717, 1.165) is 10.8 Å². The highest BCUT2D eigenvalue weighted by Crippen LogP contribution is 2.29. The first kappa shape index (κ1) is 11.0. The Labute approximate surface area is 82.8 Å². The molecule has 7 heteroatoms. The third kappa shape index (κ3) is 3.63. The van der Waals surface area contributed by atoms with Gasteiger partial charge in [-0.3, -0.25) is 0 Å². The van der Waals surface area contributed by atoms with Crippen LogP contribution in [0.3, 0.4) is 0 Å². The second-order valence-corrected chi connectivity index (χ2v) is 5.53. The van der Waals surface area contributed by atoms with Crippen LogP contribution < -0.4 is 0 Å². The van der Waals surface area contributed by atoms with E-state index in [4.69, 9.17) is 4.84 Å². The molecule has 1 aliphatic heterocycles. The zero-order valence-corrected chi connectivity index (χ0v) is 9.24. The Kier molecular flexibility index (Phi) is 3.72. The average molecular weight is 225 g/mol. The molecule has 0 N–H and O–H groups in total. The first-order chi connectivity index (χ1) is 6.03. The molecule has 1 atom stereocenters. The van der Waals surface area contributed by atoms with Crippen molar-refractivity contribution >= 4 is 26.0 Å². The van der Waals surface area contributed by atoms with Crippen molar-refractivity contribution in [2.45, 2.75) is 25.9 Å². The number of rotatable bonds is 3. The van der Waals surface area contributed by atoms with Gasteiger partial charge in [-0.2, -0.15) is 0 Å². The molecule has 13 heavy (non-hydrogen) atoms. The van der Waals surface area contributed by atoms with Crippen LogP contribution in [0.25, 0.3) is 0 Å². The van der Waals surface area contributed by atoms with E-state index in [0.29, 0.717) is 11.5 Å². The minimum atomic E-state index is -1.56. The summed E-state index contributed by atoms with van der Waals surface area (Å²) < 4.78 is 15.4. The van der Waals surface area contributed by atoms with E-state index >= 15 is 0 Å². The SMILES string of the molecule is COOS(=O)SC1=NOC(C)(C)C1. The monoisotopic (exact) mass is 225 g/mol. The van der Waals surface area contributed by atoms with Crippen molar-refractivity contribution in [2.24, 2.45) is 5.16 Å². The van der Waals surface area contributed by atoms with Gasteiger partial charge in [0.05, 0.1) is 7.11 Å². The quantitative estimate of drug-likeness (QED) is 0.412. The maximum atomic E-state index is 11.0. The van der Waals surface area contributed by atoms with Crippen molar-refractivity contribution in [2.75, 3.05) is 7.11 Å². The molecule has 0 spiro atoms. The van der Waals surface area contributed by atoms with Crippen LogP contribution >= 0.6 is 10.8 Å². The maximum absolute atomic E-state index is 11.0. The first-order valence-corrected chi connectivity index (χ1v) is 6.00. The van der Waals surface area contributed by atoms with Crippen LogP contribution in [0, 0.1) is 0 Å². The summed E-state index contributed by atoms with van der Waals surface area (Å²) in [5.41, 5.74) is -0.306. The summed E-state index contributed by atoms with van der Waals surface area (Å²) in [6.45, 7) is 3.81. The summed E-state index contributed by atoms with van der Waals surface area (Å²) in [6, 6.07) is 0. The van der Waals surface area contributed by atoms with E-state index in [1.54, 1.807) is 0 Å². The molecule has 76 valence electrons. The number of hydrogen-bond donors (Lipinski definition) is 0. The standard InChI is InChI=1S/C6H11NO4S2/c1-6(2)4-5(7-10-6)12-13(8)11-9-3/h4H2,1-3H3. The molecule has 0 saturated heterocycles. The van der Waals surface area contributed by atoms with Crippen molar-refractivity contribution in [3.63, 3.8) is 0 Å². The van der Waals surface area contributed by atoms with Gasteiger partial charge in [0.2, 0.25) is 0 Å². The van der Waals surface area contributed by atoms with Crippen LogP contribution in [-0.4, -0.2) is 22.0 Å². The summed E-state index contributed by atoms with van der Waals surface area (Å²) in [5, 5.41) is 4.41. The minimum absolute atomic E-state index is 0.306. The van der Waals surface area contributed by atoms with Crippen molar-refractivity contribution in [3.8, 4) is 0 Å². The predicted molar refractivity (Wildman–Crippen MR) is 51.0 cm³/mol. The van der Waals surface area contributed by atoms with E-state index < -0.39 is 10.1 Å². The first-order valence-electron chi connectivity index (χ1n) is 3.60. The largest absolute Gasteiger partial charge is 0.389 e. The fraction of sp³-hybridized carbons (Fsp3) is 0.833. The lowest BCUT2D eigenvalue weighted by Crippen LogP contribution is -2.18. The molecule has 0 aliphatic carbocycles. The van der Waals surface area contributed by atoms with Crippen LogP contribution in [-0.2, 0) is 24.2 Å². The van der Waals surface area contributed by atoms with Gasteiger partial charge < -0.3 is 4.84 Å². The molecule has 0 aromatic carbocycles. The predicted octanol–water partition coefficient (Wildman–Crippen LogP) is 1.39. The molecule has 0 saturated carbocycles. The Hall–Kier alpha value is -0.110. The zero-order valence-electron chi connectivity index (χ0n) is 7.60. The molecular weight excluding hydrogens is 214 g/mol. The maximum Gasteiger partial charge on any atom is 0.254 e. The molecule has 0 amide bonds. The molecule has 0 aromatic heterocycles. The number of nitrogens with zero attached hydrogens (tertiary/aromatic N) is 1. The molecule has 1 aliphatic rings. The van der Waals surface area contributed by atoms with Gasteiger partial charge in [-0.1, -0.05) is 5.16 Å². The summed E-state index contributed by atoms with van der Waals surface area (Å²) in [7, 11) is 0.726. The molecule has 1 rings (SSSR count). The van der Waals surface area contributed by atoms with Crippen molar-refractivity contribution in [1.29, 1.82) is 0 Å². The van der Waals surface area contributed by atoms with Gasteiger partial charge in [0, 0.05) is 17.2 Å². The second-order valence-electron chi connectivity index (χ2n) is 3.03. The third-order valence-electron chi connectivity index (χ3n) is 1.26. The van der Waals surface area contributed by atoms with E-state index in [-0.39, 0.29) is 5.60 Å². The van der Waals surface area contributed by atoms with Gasteiger partial charge in [0.1, 0.15) is 10.6 Å². The van der Waals surface area contributed by atoms with Crippen LogP contribution in [0.5, 0.6) is 0 Å². The minimum Gasteiger partial charge on any atom is -0.389 e. The molecule has 0 radical (unpaired) electrons. The van der Waals surface area contributed by atoms with Gasteiger partial charge in [0.15, 0.2) is 0 Å². The summed E-state index contributed by atoms with van der Waals surface area (Å²) in [4.78, 5) is 9.32. The van der Waals surface area contributed by atoms with Crippen molar-refractivity contribution in [3.05, 3.63) is 0 Å². The van der Waals surface area contributed by atoms with E-state index in [1.165, 1.54) is 7.11 Å². The van der Waals surface area contributed by atoms with Gasteiger partial charge >= 0.3 is 0 Å². The highest BCUT2D eigenvalue weighted by molar-refractivity contribution is 8.73.